The van der Waals surface area contributed by atoms with Crippen molar-refractivity contribution in [3.63, 3.8) is 0 Å². The molecule has 0 spiro atoms. The molecular formula is C14H19N3. The third kappa shape index (κ3) is 5.15. The van der Waals surface area contributed by atoms with E-state index in [1.807, 2.05) is 67.7 Å². The molecule has 0 heterocycles. The highest BCUT2D eigenvalue weighted by molar-refractivity contribution is 5.41. The van der Waals surface area contributed by atoms with Crippen LogP contribution in [0.4, 0.5) is 5.69 Å². The van der Waals surface area contributed by atoms with E-state index in [1.54, 1.807) is 0 Å². The van der Waals surface area contributed by atoms with Gasteiger partial charge in [-0.1, -0.05) is 48.5 Å². The molecule has 17 heavy (non-hydrogen) atoms. The number of rotatable bonds is 2. The van der Waals surface area contributed by atoms with Crippen molar-refractivity contribution in [2.24, 2.45) is 11.5 Å². The van der Waals surface area contributed by atoms with Crippen molar-refractivity contribution in [3.8, 4) is 0 Å². The van der Waals surface area contributed by atoms with E-state index in [0.717, 1.165) is 11.3 Å². The topological polar surface area (TPSA) is 64.1 Å². The van der Waals surface area contributed by atoms with Crippen LogP contribution in [0.15, 0.2) is 60.7 Å². The zero-order chi connectivity index (χ0) is 12.5. The van der Waals surface area contributed by atoms with E-state index in [4.69, 9.17) is 11.5 Å². The Morgan fingerprint density at radius 3 is 1.59 bits per heavy atom. The SMILES string of the molecule is CNc1ccccc1.NC(N)c1ccccc1. The lowest BCUT2D eigenvalue weighted by Gasteiger charge is -2.02. The number of para-hydroxylation sites is 1. The smallest absolute Gasteiger partial charge is 0.0784 e. The number of nitrogens with two attached hydrogens (primary N) is 2. The van der Waals surface area contributed by atoms with Crippen molar-refractivity contribution in [3.05, 3.63) is 66.2 Å². The minimum absolute atomic E-state index is 0.341. The monoisotopic (exact) mass is 229 g/mol. The second-order valence-corrected chi connectivity index (χ2v) is 3.55. The summed E-state index contributed by atoms with van der Waals surface area (Å²) >= 11 is 0. The van der Waals surface area contributed by atoms with Crippen molar-refractivity contribution < 1.29 is 0 Å². The van der Waals surface area contributed by atoms with E-state index in [-0.39, 0.29) is 6.17 Å². The van der Waals surface area contributed by atoms with Gasteiger partial charge in [0.15, 0.2) is 0 Å². The van der Waals surface area contributed by atoms with E-state index >= 15 is 0 Å². The highest BCUT2D eigenvalue weighted by atomic mass is 14.8. The quantitative estimate of drug-likeness (QED) is 0.692. The standard InChI is InChI=1S/C7H10N2.C7H9N/c8-7(9)6-4-2-1-3-5-6;1-8-7-5-3-2-4-6-7/h1-5,7H,8-9H2;2-6,8H,1H3. The molecule has 0 saturated carbocycles. The summed E-state index contributed by atoms with van der Waals surface area (Å²) < 4.78 is 0. The average molecular weight is 229 g/mol. The van der Waals surface area contributed by atoms with Crippen LogP contribution in [-0.4, -0.2) is 7.05 Å². The van der Waals surface area contributed by atoms with Gasteiger partial charge in [0.2, 0.25) is 0 Å². The molecule has 0 aliphatic heterocycles. The van der Waals surface area contributed by atoms with Gasteiger partial charge in [0.1, 0.15) is 0 Å². The highest BCUT2D eigenvalue weighted by Gasteiger charge is 1.93. The molecule has 0 fully saturated rings. The maximum atomic E-state index is 5.39. The van der Waals surface area contributed by atoms with Gasteiger partial charge in [-0.2, -0.15) is 0 Å². The lowest BCUT2D eigenvalue weighted by Crippen LogP contribution is -2.19. The van der Waals surface area contributed by atoms with Crippen LogP contribution in [-0.2, 0) is 0 Å². The molecule has 2 aromatic rings. The Morgan fingerprint density at radius 1 is 0.824 bits per heavy atom. The van der Waals surface area contributed by atoms with Crippen LogP contribution in [0.2, 0.25) is 0 Å². The van der Waals surface area contributed by atoms with E-state index in [0.29, 0.717) is 0 Å². The molecular weight excluding hydrogens is 210 g/mol. The Balaban J connectivity index is 0.000000171. The van der Waals surface area contributed by atoms with Crippen molar-refractivity contribution in [1.29, 1.82) is 0 Å². The molecule has 0 atom stereocenters. The molecule has 3 nitrogen and oxygen atoms in total. The first-order chi connectivity index (χ1) is 8.24. The molecule has 5 N–H and O–H groups in total. The molecule has 90 valence electrons. The van der Waals surface area contributed by atoms with Crippen LogP contribution in [0.25, 0.3) is 0 Å². The van der Waals surface area contributed by atoms with Crippen LogP contribution < -0.4 is 16.8 Å². The summed E-state index contributed by atoms with van der Waals surface area (Å²) in [6.45, 7) is 0. The predicted octanol–water partition coefficient (Wildman–Crippen LogP) is 2.33. The second-order valence-electron chi connectivity index (χ2n) is 3.55. The molecule has 0 bridgehead atoms. The predicted molar refractivity (Wildman–Crippen MR) is 73.5 cm³/mol. The van der Waals surface area contributed by atoms with Crippen LogP contribution in [0.3, 0.4) is 0 Å². The Hall–Kier alpha value is -1.84. The zero-order valence-corrected chi connectivity index (χ0v) is 10.0. The summed E-state index contributed by atoms with van der Waals surface area (Å²) in [5, 5.41) is 3.03. The Morgan fingerprint density at radius 2 is 1.29 bits per heavy atom. The molecule has 0 saturated heterocycles. The summed E-state index contributed by atoms with van der Waals surface area (Å²) in [7, 11) is 1.91. The lowest BCUT2D eigenvalue weighted by atomic mass is 10.2. The first kappa shape index (κ1) is 13.2. The fraction of sp³-hybridized carbons (Fsp3) is 0.143. The van der Waals surface area contributed by atoms with E-state index in [2.05, 4.69) is 5.32 Å². The van der Waals surface area contributed by atoms with Gasteiger partial charge < -0.3 is 16.8 Å². The minimum atomic E-state index is -0.341. The van der Waals surface area contributed by atoms with Crippen LogP contribution in [0.1, 0.15) is 11.7 Å². The van der Waals surface area contributed by atoms with Crippen LogP contribution in [0.5, 0.6) is 0 Å². The van der Waals surface area contributed by atoms with Crippen molar-refractivity contribution in [1.82, 2.24) is 0 Å². The van der Waals surface area contributed by atoms with Gasteiger partial charge in [-0.25, -0.2) is 0 Å². The van der Waals surface area contributed by atoms with Gasteiger partial charge >= 0.3 is 0 Å². The highest BCUT2D eigenvalue weighted by Crippen LogP contribution is 2.02. The van der Waals surface area contributed by atoms with Gasteiger partial charge in [0, 0.05) is 12.7 Å². The third-order valence-corrected chi connectivity index (χ3v) is 2.25. The van der Waals surface area contributed by atoms with Gasteiger partial charge in [-0.05, 0) is 17.7 Å². The Kier molecular flexibility index (Phi) is 5.79. The normalized spacial score (nSPS) is 9.41. The third-order valence-electron chi connectivity index (χ3n) is 2.25. The van der Waals surface area contributed by atoms with Gasteiger partial charge in [-0.15, -0.1) is 0 Å². The molecule has 0 aliphatic carbocycles. The minimum Gasteiger partial charge on any atom is -0.388 e. The summed E-state index contributed by atoms with van der Waals surface area (Å²) in [5.74, 6) is 0. The summed E-state index contributed by atoms with van der Waals surface area (Å²) in [6, 6.07) is 19.7. The van der Waals surface area contributed by atoms with Crippen LogP contribution in [0, 0.1) is 0 Å². The zero-order valence-electron chi connectivity index (χ0n) is 10.0. The molecule has 0 radical (unpaired) electrons. The first-order valence-electron chi connectivity index (χ1n) is 5.53. The van der Waals surface area contributed by atoms with Gasteiger partial charge in [0.05, 0.1) is 6.17 Å². The number of nitrogens with one attached hydrogen (secondary N) is 1. The number of hydrogen-bond acceptors (Lipinski definition) is 3. The molecule has 0 aromatic heterocycles. The molecule has 0 unspecified atom stereocenters. The molecule has 2 rings (SSSR count). The molecule has 2 aromatic carbocycles. The van der Waals surface area contributed by atoms with Crippen molar-refractivity contribution >= 4 is 5.69 Å². The fourth-order valence-electron chi connectivity index (χ4n) is 1.28. The number of anilines is 1. The fourth-order valence-corrected chi connectivity index (χ4v) is 1.28. The lowest BCUT2D eigenvalue weighted by molar-refractivity contribution is 0.774. The summed E-state index contributed by atoms with van der Waals surface area (Å²) in [6.07, 6.45) is -0.341. The second kappa shape index (κ2) is 7.44. The maximum Gasteiger partial charge on any atom is 0.0784 e. The van der Waals surface area contributed by atoms with Crippen LogP contribution >= 0.6 is 0 Å². The molecule has 3 heteroatoms. The van der Waals surface area contributed by atoms with Crippen molar-refractivity contribution in [2.75, 3.05) is 12.4 Å². The van der Waals surface area contributed by atoms with E-state index < -0.39 is 0 Å². The van der Waals surface area contributed by atoms with Gasteiger partial charge in [0.25, 0.3) is 0 Å². The Bertz CT molecular complexity index is 398. The Labute approximate surface area is 102 Å². The van der Waals surface area contributed by atoms with E-state index in [9.17, 15) is 0 Å². The summed E-state index contributed by atoms with van der Waals surface area (Å²) in [5.41, 5.74) is 12.9. The molecule has 0 aliphatic rings. The summed E-state index contributed by atoms with van der Waals surface area (Å²) in [4.78, 5) is 0. The van der Waals surface area contributed by atoms with Crippen molar-refractivity contribution in [2.45, 2.75) is 6.17 Å². The maximum absolute atomic E-state index is 5.39. The van der Waals surface area contributed by atoms with Gasteiger partial charge in [-0.3, -0.25) is 0 Å². The first-order valence-corrected chi connectivity index (χ1v) is 5.53. The molecule has 0 amide bonds. The average Bonchev–Trinajstić information content (AvgIpc) is 2.41. The number of hydrogen-bond donors (Lipinski definition) is 3. The largest absolute Gasteiger partial charge is 0.388 e. The number of benzene rings is 2. The van der Waals surface area contributed by atoms with E-state index in [1.165, 1.54) is 0 Å².